The minimum atomic E-state index is -0.874. The Morgan fingerprint density at radius 1 is 1.27 bits per heavy atom. The van der Waals surface area contributed by atoms with Gasteiger partial charge in [-0.3, -0.25) is 14.4 Å². The van der Waals surface area contributed by atoms with E-state index in [9.17, 15) is 14.4 Å². The van der Waals surface area contributed by atoms with Gasteiger partial charge in [-0.15, -0.1) is 0 Å². The average Bonchev–Trinajstić information content (AvgIpc) is 3.25. The Bertz CT molecular complexity index is 899. The lowest BCUT2D eigenvalue weighted by molar-refractivity contribution is -0.139. The summed E-state index contributed by atoms with van der Waals surface area (Å²) in [6.07, 6.45) is 3.56. The fraction of sp³-hybridized carbons (Fsp3) is 0.300. The van der Waals surface area contributed by atoms with Crippen molar-refractivity contribution in [2.45, 2.75) is 32.9 Å². The molecule has 2 aromatic rings. The zero-order valence-corrected chi connectivity index (χ0v) is 18.2. The summed E-state index contributed by atoms with van der Waals surface area (Å²) in [4.78, 5) is 35.5. The number of hydrogen-bond donors (Lipinski definition) is 3. The number of hydrazone groups is 1. The fourth-order valence-corrected chi connectivity index (χ4v) is 2.53. The van der Waals surface area contributed by atoms with Crippen LogP contribution in [-0.2, 0) is 20.9 Å². The number of nitrogens with zero attached hydrogens (tertiary/aromatic N) is 1. The van der Waals surface area contributed by atoms with Crippen molar-refractivity contribution in [1.82, 2.24) is 16.1 Å². The third-order valence-electron chi connectivity index (χ3n) is 3.94. The standard InChI is InChI=1S/C20H23BrN4O5/c1-3-13(2)24-19(27)20(28)25-23-10-14-9-15(21)6-7-17(14)30-12-18(26)22-11-16-5-4-8-29-16/h4-10,13H,3,11-12H2,1-2H3,(H,22,26)(H,24,27)(H,25,28)/b23-10-/t13-/m0/s1. The van der Waals surface area contributed by atoms with Crippen molar-refractivity contribution >= 4 is 39.9 Å². The molecule has 10 heteroatoms. The summed E-state index contributed by atoms with van der Waals surface area (Å²) in [5, 5.41) is 9.02. The highest BCUT2D eigenvalue weighted by atomic mass is 79.9. The van der Waals surface area contributed by atoms with E-state index in [0.29, 0.717) is 23.5 Å². The van der Waals surface area contributed by atoms with Crippen LogP contribution in [0.15, 0.2) is 50.6 Å². The van der Waals surface area contributed by atoms with Crippen LogP contribution in [0.25, 0.3) is 0 Å². The number of carbonyl (C=O) groups is 3. The molecular weight excluding hydrogens is 456 g/mol. The Morgan fingerprint density at radius 3 is 2.77 bits per heavy atom. The molecule has 30 heavy (non-hydrogen) atoms. The summed E-state index contributed by atoms with van der Waals surface area (Å²) < 4.78 is 11.4. The van der Waals surface area contributed by atoms with Gasteiger partial charge in [0, 0.05) is 16.1 Å². The highest BCUT2D eigenvalue weighted by molar-refractivity contribution is 9.10. The molecule has 0 spiro atoms. The highest BCUT2D eigenvalue weighted by Crippen LogP contribution is 2.21. The minimum absolute atomic E-state index is 0.115. The number of benzene rings is 1. The van der Waals surface area contributed by atoms with E-state index in [1.807, 2.05) is 6.92 Å². The number of rotatable bonds is 9. The number of carbonyl (C=O) groups excluding carboxylic acids is 3. The number of furan rings is 1. The maximum absolute atomic E-state index is 12.0. The lowest BCUT2D eigenvalue weighted by atomic mass is 10.2. The third-order valence-corrected chi connectivity index (χ3v) is 4.43. The second kappa shape index (κ2) is 11.8. The summed E-state index contributed by atoms with van der Waals surface area (Å²) in [5.41, 5.74) is 2.67. The molecule has 9 nitrogen and oxygen atoms in total. The number of hydrogen-bond acceptors (Lipinski definition) is 6. The van der Waals surface area contributed by atoms with Gasteiger partial charge in [0.15, 0.2) is 6.61 Å². The Balaban J connectivity index is 1.90. The van der Waals surface area contributed by atoms with Crippen molar-refractivity contribution in [2.24, 2.45) is 5.10 Å². The zero-order chi connectivity index (χ0) is 21.9. The van der Waals surface area contributed by atoms with Gasteiger partial charge in [0.2, 0.25) is 0 Å². The molecule has 0 aliphatic rings. The fourth-order valence-electron chi connectivity index (χ4n) is 2.15. The molecule has 0 unspecified atom stereocenters. The van der Waals surface area contributed by atoms with E-state index in [-0.39, 0.29) is 25.1 Å². The van der Waals surface area contributed by atoms with E-state index in [0.717, 1.165) is 4.47 Å². The van der Waals surface area contributed by atoms with Crippen molar-refractivity contribution in [1.29, 1.82) is 0 Å². The number of nitrogens with one attached hydrogen (secondary N) is 3. The van der Waals surface area contributed by atoms with Crippen LogP contribution in [0.1, 0.15) is 31.6 Å². The number of amides is 3. The molecule has 1 heterocycles. The second-order valence-corrected chi connectivity index (χ2v) is 7.22. The summed E-state index contributed by atoms with van der Waals surface area (Å²) >= 11 is 3.34. The number of ether oxygens (including phenoxy) is 1. The van der Waals surface area contributed by atoms with E-state index in [2.05, 4.69) is 37.1 Å². The summed E-state index contributed by atoms with van der Waals surface area (Å²) in [6.45, 7) is 3.73. The highest BCUT2D eigenvalue weighted by Gasteiger charge is 2.14. The van der Waals surface area contributed by atoms with Gasteiger partial charge in [-0.05, 0) is 43.7 Å². The van der Waals surface area contributed by atoms with Crippen molar-refractivity contribution in [3.05, 3.63) is 52.4 Å². The van der Waals surface area contributed by atoms with Gasteiger partial charge in [-0.25, -0.2) is 5.43 Å². The molecule has 3 N–H and O–H groups in total. The predicted molar refractivity (Wildman–Crippen MR) is 114 cm³/mol. The van der Waals surface area contributed by atoms with Crippen molar-refractivity contribution in [3.63, 3.8) is 0 Å². The molecule has 0 aliphatic carbocycles. The molecule has 0 bridgehead atoms. The lowest BCUT2D eigenvalue weighted by Gasteiger charge is -2.10. The van der Waals surface area contributed by atoms with E-state index >= 15 is 0 Å². The maximum Gasteiger partial charge on any atom is 0.329 e. The quantitative estimate of drug-likeness (QED) is 0.289. The van der Waals surface area contributed by atoms with E-state index in [4.69, 9.17) is 9.15 Å². The first-order valence-electron chi connectivity index (χ1n) is 9.24. The van der Waals surface area contributed by atoms with Gasteiger partial charge < -0.3 is 19.8 Å². The molecule has 0 saturated carbocycles. The van der Waals surface area contributed by atoms with Crippen LogP contribution in [-0.4, -0.2) is 36.6 Å². The Kier molecular flexibility index (Phi) is 9.07. The molecule has 0 radical (unpaired) electrons. The molecular formula is C20H23BrN4O5. The molecule has 3 amide bonds. The van der Waals surface area contributed by atoms with Crippen LogP contribution in [0.4, 0.5) is 0 Å². The van der Waals surface area contributed by atoms with Crippen molar-refractivity contribution in [2.75, 3.05) is 6.61 Å². The van der Waals surface area contributed by atoms with Gasteiger partial charge >= 0.3 is 11.8 Å². The van der Waals surface area contributed by atoms with Crippen LogP contribution in [0.5, 0.6) is 5.75 Å². The smallest absolute Gasteiger partial charge is 0.329 e. The molecule has 2 rings (SSSR count). The van der Waals surface area contributed by atoms with Gasteiger partial charge in [-0.2, -0.15) is 5.10 Å². The Morgan fingerprint density at radius 2 is 2.07 bits per heavy atom. The third kappa shape index (κ3) is 7.70. The van der Waals surface area contributed by atoms with Gasteiger partial charge in [0.1, 0.15) is 11.5 Å². The second-order valence-electron chi connectivity index (χ2n) is 6.31. The lowest BCUT2D eigenvalue weighted by Crippen LogP contribution is -2.41. The first-order valence-corrected chi connectivity index (χ1v) is 10.0. The Labute approximate surface area is 182 Å². The molecule has 0 aliphatic heterocycles. The first kappa shape index (κ1) is 23.1. The monoisotopic (exact) mass is 478 g/mol. The summed E-state index contributed by atoms with van der Waals surface area (Å²) in [5.74, 6) is -0.949. The van der Waals surface area contributed by atoms with Crippen LogP contribution in [0, 0.1) is 0 Å². The van der Waals surface area contributed by atoms with Gasteiger partial charge in [0.25, 0.3) is 5.91 Å². The summed E-state index contributed by atoms with van der Waals surface area (Å²) in [6, 6.07) is 8.47. The molecule has 0 fully saturated rings. The molecule has 0 saturated heterocycles. The van der Waals surface area contributed by atoms with Crippen molar-refractivity contribution < 1.29 is 23.5 Å². The molecule has 160 valence electrons. The van der Waals surface area contributed by atoms with Gasteiger partial charge in [-0.1, -0.05) is 22.9 Å². The molecule has 1 aromatic heterocycles. The van der Waals surface area contributed by atoms with E-state index in [1.54, 1.807) is 37.3 Å². The van der Waals surface area contributed by atoms with E-state index < -0.39 is 11.8 Å². The normalized spacial score (nSPS) is 11.7. The topological polar surface area (TPSA) is 122 Å². The minimum Gasteiger partial charge on any atom is -0.483 e. The first-order chi connectivity index (χ1) is 14.4. The van der Waals surface area contributed by atoms with E-state index in [1.165, 1.54) is 12.5 Å². The van der Waals surface area contributed by atoms with Crippen molar-refractivity contribution in [3.8, 4) is 5.75 Å². The van der Waals surface area contributed by atoms with Gasteiger partial charge in [0.05, 0.1) is 19.0 Å². The molecule has 1 aromatic carbocycles. The van der Waals surface area contributed by atoms with Crippen LogP contribution in [0.2, 0.25) is 0 Å². The number of halogens is 1. The van der Waals surface area contributed by atoms with Crippen LogP contribution in [0.3, 0.4) is 0 Å². The largest absolute Gasteiger partial charge is 0.483 e. The zero-order valence-electron chi connectivity index (χ0n) is 16.6. The predicted octanol–water partition coefficient (Wildman–Crippen LogP) is 2.10. The Hall–Kier alpha value is -3.14. The SMILES string of the molecule is CC[C@H](C)NC(=O)C(=O)N/N=C\c1cc(Br)ccc1OCC(=O)NCc1ccco1. The average molecular weight is 479 g/mol. The van der Waals surface area contributed by atoms with Crippen LogP contribution < -0.4 is 20.8 Å². The maximum atomic E-state index is 12.0. The molecule has 1 atom stereocenters. The van der Waals surface area contributed by atoms with Crippen LogP contribution >= 0.6 is 15.9 Å². The summed E-state index contributed by atoms with van der Waals surface area (Å²) in [7, 11) is 0.